The lowest BCUT2D eigenvalue weighted by Gasteiger charge is -2.29. The van der Waals surface area contributed by atoms with Crippen molar-refractivity contribution in [3.05, 3.63) is 0 Å². The van der Waals surface area contributed by atoms with Crippen molar-refractivity contribution < 1.29 is 81.8 Å². The fourth-order valence-corrected chi connectivity index (χ4v) is 6.53. The van der Waals surface area contributed by atoms with Crippen LogP contribution in [-0.2, 0) is 71.7 Å². The molecular weight excluding hydrogens is 959 g/mol. The van der Waals surface area contributed by atoms with E-state index in [9.17, 15) is 67.6 Å². The number of amides is 9. The Morgan fingerprint density at radius 3 is 1.81 bits per heavy atom. The summed E-state index contributed by atoms with van der Waals surface area (Å²) < 4.78 is 15.0. The minimum Gasteiger partial charge on any atom is -0.426 e. The van der Waals surface area contributed by atoms with E-state index >= 15 is 0 Å². The maximum atomic E-state index is 13.0. The highest BCUT2D eigenvalue weighted by molar-refractivity contribution is 6.43. The molecule has 0 aromatic heterocycles. The number of cyclic esters (lactones) is 2. The van der Waals surface area contributed by atoms with Crippen LogP contribution in [0.25, 0.3) is 0 Å². The molecule has 2 saturated heterocycles. The molecule has 32 heteroatoms. The fourth-order valence-electron chi connectivity index (χ4n) is 6.53. The average molecular weight is 1030 g/mol. The van der Waals surface area contributed by atoms with Gasteiger partial charge in [-0.05, 0) is 32.2 Å². The van der Waals surface area contributed by atoms with Gasteiger partial charge in [0.15, 0.2) is 0 Å². The van der Waals surface area contributed by atoms with Crippen LogP contribution in [0, 0.1) is 5.92 Å². The molecule has 0 saturated carbocycles. The quantitative estimate of drug-likeness (QED) is 0.0150. The molecule has 2 aliphatic heterocycles. The van der Waals surface area contributed by atoms with Crippen molar-refractivity contribution in [1.29, 1.82) is 0 Å². The van der Waals surface area contributed by atoms with E-state index in [1.54, 1.807) is 18.7 Å². The van der Waals surface area contributed by atoms with Gasteiger partial charge in [0.25, 0.3) is 0 Å². The minimum absolute atomic E-state index is 0.0832. The molecule has 0 aromatic carbocycles. The summed E-state index contributed by atoms with van der Waals surface area (Å²) in [6.45, 7) is 2.23. The molecule has 404 valence electrons. The van der Waals surface area contributed by atoms with Crippen LogP contribution in [0.4, 0.5) is 0 Å². The van der Waals surface area contributed by atoms with Crippen molar-refractivity contribution in [3.8, 4) is 0 Å². The normalized spacial score (nSPS) is 17.2. The Balaban J connectivity index is 1.58. The second-order valence-electron chi connectivity index (χ2n) is 16.6. The molecule has 72 heavy (non-hydrogen) atoms. The van der Waals surface area contributed by atoms with E-state index in [1.165, 1.54) is 16.7 Å². The van der Waals surface area contributed by atoms with Crippen LogP contribution in [0.15, 0.2) is 0 Å². The molecule has 2 aliphatic rings. The molecular formula is C40H69BN14O17. The second kappa shape index (κ2) is 33.1. The lowest BCUT2D eigenvalue weighted by molar-refractivity contribution is -0.257. The van der Waals surface area contributed by atoms with Crippen molar-refractivity contribution in [2.45, 2.75) is 65.0 Å². The number of hydrogen-bond acceptors (Lipinski definition) is 22. The van der Waals surface area contributed by atoms with Gasteiger partial charge in [0.2, 0.25) is 53.2 Å². The Hall–Kier alpha value is -6.58. The van der Waals surface area contributed by atoms with E-state index in [0.717, 1.165) is 0 Å². The number of carbonyl (C=O) groups is 12. The van der Waals surface area contributed by atoms with E-state index in [-0.39, 0.29) is 45.9 Å². The van der Waals surface area contributed by atoms with Gasteiger partial charge in [0.05, 0.1) is 71.4 Å². The summed E-state index contributed by atoms with van der Waals surface area (Å²) in [4.78, 5) is 153. The molecule has 2 rings (SSSR count). The zero-order chi connectivity index (χ0) is 53.8. The number of esters is 3. The van der Waals surface area contributed by atoms with E-state index < -0.39 is 148 Å². The highest BCUT2D eigenvalue weighted by Crippen LogP contribution is 2.19. The zero-order valence-corrected chi connectivity index (χ0v) is 40.8. The zero-order valence-electron chi connectivity index (χ0n) is 40.8. The smallest absolute Gasteiger partial charge is 0.426 e. The third-order valence-corrected chi connectivity index (χ3v) is 10.5. The molecule has 0 spiro atoms. The number of carbonyl (C=O) groups excluding carboxylic acids is 12. The molecule has 0 radical (unpaired) electrons. The van der Waals surface area contributed by atoms with Crippen molar-refractivity contribution in [1.82, 2.24) is 67.9 Å². The Kier molecular flexibility index (Phi) is 28.3. The predicted octanol–water partition coefficient (Wildman–Crippen LogP) is -10.0. The van der Waals surface area contributed by atoms with Crippen LogP contribution in [0.1, 0.15) is 40.5 Å². The van der Waals surface area contributed by atoms with Crippen LogP contribution in [0.3, 0.4) is 0 Å². The van der Waals surface area contributed by atoms with Gasteiger partial charge in [-0.15, -0.1) is 0 Å². The molecule has 2 heterocycles. The van der Waals surface area contributed by atoms with Gasteiger partial charge in [-0.2, -0.15) is 0 Å². The highest BCUT2D eigenvalue weighted by atomic mass is 16.9. The fraction of sp³-hybridized carbons (Fsp3) is 0.700. The molecule has 0 bridgehead atoms. The first-order chi connectivity index (χ1) is 34.1. The van der Waals surface area contributed by atoms with E-state index in [1.807, 2.05) is 6.92 Å². The topological polar surface area (TPSA) is 429 Å². The lowest BCUT2D eigenvalue weighted by Crippen LogP contribution is -2.57. The Labute approximate surface area is 415 Å². The SMILES string of the molecule is CCN1CCNCC(=O)OC(OC(=O)CNCCN(CN)CC(=O)NCC(=O)NCC(=O)NCC(=O)NCC(=O)NCC(=O)NCC(=O)N[C@H](C(=O)N[C@H](C)C(=O)N2CCC[C@H]2B(O)O)C(C)C)OC(=O)C1. The first kappa shape index (κ1) is 61.5. The Bertz CT molecular complexity index is 1900. The van der Waals surface area contributed by atoms with Gasteiger partial charge in [-0.3, -0.25) is 67.3 Å². The Morgan fingerprint density at radius 2 is 1.29 bits per heavy atom. The lowest BCUT2D eigenvalue weighted by atomic mass is 9.78. The summed E-state index contributed by atoms with van der Waals surface area (Å²) in [7, 11) is -1.73. The molecule has 1 unspecified atom stereocenters. The molecule has 31 nitrogen and oxygen atoms in total. The molecule has 0 aliphatic carbocycles. The second-order valence-corrected chi connectivity index (χ2v) is 16.6. The van der Waals surface area contributed by atoms with Gasteiger partial charge in [0, 0.05) is 39.4 Å². The summed E-state index contributed by atoms with van der Waals surface area (Å²) in [6.07, 6.45) is 0.958. The maximum absolute atomic E-state index is 13.0. The van der Waals surface area contributed by atoms with E-state index in [0.29, 0.717) is 39.0 Å². The van der Waals surface area contributed by atoms with Crippen molar-refractivity contribution in [3.63, 3.8) is 0 Å². The monoisotopic (exact) mass is 1030 g/mol. The number of likely N-dealkylation sites (N-methyl/N-ethyl adjacent to an activating group) is 1. The number of nitrogens with one attached hydrogen (secondary N) is 10. The third kappa shape index (κ3) is 25.0. The largest absolute Gasteiger partial charge is 0.475 e. The average Bonchev–Trinajstić information content (AvgIpc) is 3.83. The van der Waals surface area contributed by atoms with Gasteiger partial charge < -0.3 is 88.1 Å². The van der Waals surface area contributed by atoms with Gasteiger partial charge >= 0.3 is 31.5 Å². The van der Waals surface area contributed by atoms with Crippen molar-refractivity contribution in [2.24, 2.45) is 11.7 Å². The highest BCUT2D eigenvalue weighted by Gasteiger charge is 2.39. The molecule has 0 aromatic rings. The van der Waals surface area contributed by atoms with Gasteiger partial charge in [-0.1, -0.05) is 20.8 Å². The number of likely N-dealkylation sites (tertiary alicyclic amines) is 1. The maximum Gasteiger partial charge on any atom is 0.475 e. The Morgan fingerprint density at radius 1 is 0.764 bits per heavy atom. The van der Waals surface area contributed by atoms with Crippen LogP contribution in [0.2, 0.25) is 0 Å². The first-order valence-electron chi connectivity index (χ1n) is 23.1. The van der Waals surface area contributed by atoms with Gasteiger partial charge in [0.1, 0.15) is 12.1 Å². The van der Waals surface area contributed by atoms with Crippen molar-refractivity contribution in [2.75, 3.05) is 111 Å². The molecule has 14 N–H and O–H groups in total. The predicted molar refractivity (Wildman–Crippen MR) is 248 cm³/mol. The summed E-state index contributed by atoms with van der Waals surface area (Å²) >= 11 is 0. The third-order valence-electron chi connectivity index (χ3n) is 10.5. The molecule has 2 fully saturated rings. The van der Waals surface area contributed by atoms with Crippen LogP contribution in [-0.4, -0.2) is 239 Å². The summed E-state index contributed by atoms with van der Waals surface area (Å²) in [5.74, 6) is -10.2. The van der Waals surface area contributed by atoms with E-state index in [4.69, 9.17) is 19.9 Å². The van der Waals surface area contributed by atoms with Crippen molar-refractivity contribution >= 4 is 78.2 Å². The minimum atomic E-state index is -1.89. The first-order valence-corrected chi connectivity index (χ1v) is 23.1. The summed E-state index contributed by atoms with van der Waals surface area (Å²) in [5.41, 5.74) is 5.71. The van der Waals surface area contributed by atoms with Crippen LogP contribution < -0.4 is 58.9 Å². The summed E-state index contributed by atoms with van der Waals surface area (Å²) in [5, 5.41) is 43.3. The molecule has 4 atom stereocenters. The number of ether oxygens (including phenoxy) is 3. The number of nitrogens with two attached hydrogens (primary N) is 1. The molecule has 9 amide bonds. The van der Waals surface area contributed by atoms with Gasteiger partial charge in [-0.25, -0.2) is 0 Å². The number of nitrogens with zero attached hydrogens (tertiary/aromatic N) is 3. The number of rotatable bonds is 28. The van der Waals surface area contributed by atoms with Crippen LogP contribution in [0.5, 0.6) is 0 Å². The summed E-state index contributed by atoms with van der Waals surface area (Å²) in [6, 6.07) is -2.13. The van der Waals surface area contributed by atoms with E-state index in [2.05, 4.69) is 53.2 Å². The standard InChI is InChI=1S/C40H69BN14O17/c1-5-53-11-8-43-19-34(63)70-40(72-36(65)22-53)71-35(64)20-44-9-12-54(23-42)21-33(62)50-17-31(60)48-15-29(58)46-13-27(56)45-14-28(57)47-16-30(59)49-18-32(61)52-37(24(2)3)38(66)51-25(4)39(67)55-10-6-7-26(55)41(68)69/h24-26,37,40,43-44,68-69H,5-23,42H2,1-4H3,(H,45,56)(H,46,58)(H,47,57)(H,48,60)(H,49,59)(H,50,62)(H,51,66)(H,52,61)/t25-,26+,37+,40?/m1/s1. The van der Waals surface area contributed by atoms with Crippen LogP contribution >= 0.6 is 0 Å². The number of hydrogen-bond donors (Lipinski definition) is 13.